The summed E-state index contributed by atoms with van der Waals surface area (Å²) in [5.41, 5.74) is 4.07. The fourth-order valence-corrected chi connectivity index (χ4v) is 5.43. The Labute approximate surface area is 238 Å². The highest BCUT2D eigenvalue weighted by Crippen LogP contribution is 2.28. The molecule has 2 heterocycles. The Balaban J connectivity index is 1.60. The van der Waals surface area contributed by atoms with Crippen LogP contribution in [0.15, 0.2) is 29.8 Å². The number of aliphatic hydroxyl groups is 1. The second-order valence-electron chi connectivity index (χ2n) is 11.1. The molecule has 0 unspecified atom stereocenters. The van der Waals surface area contributed by atoms with Crippen LogP contribution in [0.3, 0.4) is 0 Å². The van der Waals surface area contributed by atoms with E-state index in [1.165, 1.54) is 4.90 Å². The topological polar surface area (TPSA) is 161 Å². The van der Waals surface area contributed by atoms with Crippen LogP contribution in [0.5, 0.6) is 0 Å². The second kappa shape index (κ2) is 13.7. The van der Waals surface area contributed by atoms with E-state index < -0.39 is 35.6 Å². The summed E-state index contributed by atoms with van der Waals surface area (Å²) in [5, 5.41) is 26.9. The van der Waals surface area contributed by atoms with Crippen LogP contribution in [0.4, 0.5) is 4.79 Å². The zero-order valence-corrected chi connectivity index (χ0v) is 24.2. The highest BCUT2D eigenvalue weighted by Gasteiger charge is 2.44. The Morgan fingerprint density at radius 2 is 1.82 bits per heavy atom. The molecule has 1 aliphatic heterocycles. The van der Waals surface area contributed by atoms with E-state index in [0.717, 1.165) is 21.7 Å². The summed E-state index contributed by atoms with van der Waals surface area (Å²) >= 11 is 1.57. The van der Waals surface area contributed by atoms with Gasteiger partial charge in [-0.2, -0.15) is 0 Å². The highest BCUT2D eigenvalue weighted by molar-refractivity contribution is 7.13. The van der Waals surface area contributed by atoms with Crippen molar-refractivity contribution in [3.63, 3.8) is 0 Å². The SMILES string of the molecule is Cc1ncsc1-c1ccc(CNC(=O)[C@@H]2C[C@@H](O)CN2C(=O)[C@@H](NC(=O)CCCCNC(=O)O)C(C)(C)C)cc1. The van der Waals surface area contributed by atoms with Gasteiger partial charge in [-0.15, -0.1) is 11.3 Å². The molecule has 0 aliphatic carbocycles. The summed E-state index contributed by atoms with van der Waals surface area (Å²) in [4.78, 5) is 56.7. The van der Waals surface area contributed by atoms with Crippen LogP contribution in [0, 0.1) is 12.3 Å². The van der Waals surface area contributed by atoms with Gasteiger partial charge in [-0.25, -0.2) is 9.78 Å². The summed E-state index contributed by atoms with van der Waals surface area (Å²) in [7, 11) is 0. The maximum absolute atomic E-state index is 13.6. The number of hydrogen-bond donors (Lipinski definition) is 5. The molecule has 2 aromatic rings. The minimum atomic E-state index is -1.12. The first kappa shape index (κ1) is 31.0. The number of nitrogens with one attached hydrogen (secondary N) is 3. The Morgan fingerprint density at radius 3 is 2.42 bits per heavy atom. The number of unbranched alkanes of at least 4 members (excludes halogenated alkanes) is 1. The number of nitrogens with zero attached hydrogens (tertiary/aromatic N) is 2. The molecule has 11 nitrogen and oxygen atoms in total. The molecule has 1 fully saturated rings. The quantitative estimate of drug-likeness (QED) is 0.258. The molecule has 0 radical (unpaired) electrons. The number of aliphatic hydroxyl groups excluding tert-OH is 1. The number of hydrogen-bond acceptors (Lipinski definition) is 7. The smallest absolute Gasteiger partial charge is 0.404 e. The zero-order chi connectivity index (χ0) is 29.4. The summed E-state index contributed by atoms with van der Waals surface area (Å²) in [5.74, 6) is -1.12. The van der Waals surface area contributed by atoms with Crippen molar-refractivity contribution in [2.24, 2.45) is 5.41 Å². The molecule has 1 aliphatic rings. The van der Waals surface area contributed by atoms with Crippen LogP contribution in [0.25, 0.3) is 10.4 Å². The normalized spacial score (nSPS) is 17.8. The Kier molecular flexibility index (Phi) is 10.6. The van der Waals surface area contributed by atoms with Crippen molar-refractivity contribution in [1.29, 1.82) is 0 Å². The van der Waals surface area contributed by atoms with Crippen molar-refractivity contribution < 1.29 is 29.4 Å². The number of carbonyl (C=O) groups excluding carboxylic acids is 3. The number of rotatable bonds is 11. The molecule has 1 aromatic heterocycles. The Bertz CT molecular complexity index is 1190. The fraction of sp³-hybridized carbons (Fsp3) is 0.536. The number of aryl methyl sites for hydroxylation is 1. The van der Waals surface area contributed by atoms with Gasteiger partial charge < -0.3 is 31.1 Å². The van der Waals surface area contributed by atoms with E-state index in [1.54, 1.807) is 16.8 Å². The molecular formula is C28H39N5O6S. The number of aromatic nitrogens is 1. The van der Waals surface area contributed by atoms with E-state index in [-0.39, 0.29) is 44.3 Å². The van der Waals surface area contributed by atoms with Crippen molar-refractivity contribution in [1.82, 2.24) is 25.8 Å². The molecule has 0 bridgehead atoms. The maximum Gasteiger partial charge on any atom is 0.404 e. The van der Waals surface area contributed by atoms with Gasteiger partial charge in [-0.1, -0.05) is 45.0 Å². The third-order valence-electron chi connectivity index (χ3n) is 6.82. The monoisotopic (exact) mass is 573 g/mol. The van der Waals surface area contributed by atoms with E-state index >= 15 is 0 Å². The number of benzene rings is 1. The van der Waals surface area contributed by atoms with Gasteiger partial charge in [0.2, 0.25) is 17.7 Å². The van der Waals surface area contributed by atoms with E-state index in [4.69, 9.17) is 5.11 Å². The number of carbonyl (C=O) groups is 4. The molecule has 3 atom stereocenters. The van der Waals surface area contributed by atoms with Gasteiger partial charge in [-0.05, 0) is 36.3 Å². The van der Waals surface area contributed by atoms with E-state index in [9.17, 15) is 24.3 Å². The van der Waals surface area contributed by atoms with Gasteiger partial charge in [0, 0.05) is 32.5 Å². The van der Waals surface area contributed by atoms with Gasteiger partial charge in [0.15, 0.2) is 0 Å². The van der Waals surface area contributed by atoms with Crippen LogP contribution in [-0.2, 0) is 20.9 Å². The largest absolute Gasteiger partial charge is 0.465 e. The lowest BCUT2D eigenvalue weighted by atomic mass is 9.85. The molecule has 4 amide bonds. The molecule has 0 spiro atoms. The predicted octanol–water partition coefficient (Wildman–Crippen LogP) is 2.67. The third kappa shape index (κ3) is 8.49. The second-order valence-corrected chi connectivity index (χ2v) is 12.0. The zero-order valence-electron chi connectivity index (χ0n) is 23.4. The minimum absolute atomic E-state index is 0.00310. The van der Waals surface area contributed by atoms with E-state index in [0.29, 0.717) is 12.8 Å². The molecule has 1 saturated heterocycles. The lowest BCUT2D eigenvalue weighted by Crippen LogP contribution is -2.57. The van der Waals surface area contributed by atoms with Gasteiger partial charge in [0.1, 0.15) is 12.1 Å². The minimum Gasteiger partial charge on any atom is -0.465 e. The number of likely N-dealkylation sites (tertiary alicyclic amines) is 1. The van der Waals surface area contributed by atoms with Crippen LogP contribution in [0.2, 0.25) is 0 Å². The predicted molar refractivity (Wildman–Crippen MR) is 152 cm³/mol. The van der Waals surface area contributed by atoms with Gasteiger partial charge in [0.05, 0.1) is 22.2 Å². The molecule has 218 valence electrons. The highest BCUT2D eigenvalue weighted by atomic mass is 32.1. The van der Waals surface area contributed by atoms with Gasteiger partial charge in [-0.3, -0.25) is 14.4 Å². The first-order valence-electron chi connectivity index (χ1n) is 13.4. The molecule has 5 N–H and O–H groups in total. The van der Waals surface area contributed by atoms with Crippen molar-refractivity contribution in [2.45, 2.75) is 78.1 Å². The molecule has 40 heavy (non-hydrogen) atoms. The summed E-state index contributed by atoms with van der Waals surface area (Å²) in [6.45, 7) is 7.95. The van der Waals surface area contributed by atoms with Crippen molar-refractivity contribution in [3.8, 4) is 10.4 Å². The number of amides is 4. The van der Waals surface area contributed by atoms with Crippen LogP contribution in [-0.4, -0.2) is 75.2 Å². The van der Waals surface area contributed by atoms with Gasteiger partial charge in [0.25, 0.3) is 0 Å². The molecule has 0 saturated carbocycles. The standard InChI is InChI=1S/C28H39N5O6S/c1-17-23(40-16-31-17)19-10-8-18(9-11-19)14-30-25(36)21-13-20(34)15-33(21)26(37)24(28(2,3)4)32-22(35)7-5-6-12-29-27(38)39/h8-11,16,20-21,24,29,34H,5-7,12-15H2,1-4H3,(H,30,36)(H,32,35)(H,38,39)/t20-,21+,24-/m1/s1. The van der Waals surface area contributed by atoms with Crippen molar-refractivity contribution in [2.75, 3.05) is 13.1 Å². The summed E-state index contributed by atoms with van der Waals surface area (Å²) in [6.07, 6.45) is -0.775. The molecule has 1 aromatic carbocycles. The summed E-state index contributed by atoms with van der Waals surface area (Å²) < 4.78 is 0. The van der Waals surface area contributed by atoms with Crippen molar-refractivity contribution in [3.05, 3.63) is 41.0 Å². The third-order valence-corrected chi connectivity index (χ3v) is 7.80. The molecular weight excluding hydrogens is 534 g/mol. The summed E-state index contributed by atoms with van der Waals surface area (Å²) in [6, 6.07) is 6.08. The average molecular weight is 574 g/mol. The van der Waals surface area contributed by atoms with E-state index in [1.807, 2.05) is 52.0 Å². The van der Waals surface area contributed by atoms with Crippen LogP contribution in [0.1, 0.15) is 57.7 Å². The lowest BCUT2D eigenvalue weighted by Gasteiger charge is -2.35. The lowest BCUT2D eigenvalue weighted by molar-refractivity contribution is -0.144. The average Bonchev–Trinajstić information content (AvgIpc) is 3.50. The first-order valence-corrected chi connectivity index (χ1v) is 14.3. The first-order chi connectivity index (χ1) is 18.9. The van der Waals surface area contributed by atoms with Crippen LogP contribution >= 0.6 is 11.3 Å². The van der Waals surface area contributed by atoms with E-state index in [2.05, 4.69) is 20.9 Å². The maximum atomic E-state index is 13.6. The number of carboxylic acid groups (broad SMARTS) is 1. The molecule has 12 heteroatoms. The molecule has 3 rings (SSSR count). The Hall–Kier alpha value is -3.51. The number of β-amino-alcohol motifs (C(OH)–C–C–N with tert-alkyl or cyclic N) is 1. The van der Waals surface area contributed by atoms with Gasteiger partial charge >= 0.3 is 6.09 Å². The Morgan fingerprint density at radius 1 is 1.12 bits per heavy atom. The number of thiazole rings is 1. The van der Waals surface area contributed by atoms with Crippen LogP contribution < -0.4 is 16.0 Å². The van der Waals surface area contributed by atoms with Crippen molar-refractivity contribution >= 4 is 35.2 Å². The fourth-order valence-electron chi connectivity index (χ4n) is 4.62.